The number of hydrogen-bond acceptors (Lipinski definition) is 5. The van der Waals surface area contributed by atoms with E-state index >= 15 is 0 Å². The molecule has 1 unspecified atom stereocenters. The Kier molecular flexibility index (Phi) is 8.96. The van der Waals surface area contributed by atoms with Crippen molar-refractivity contribution in [1.82, 2.24) is 25.2 Å². The summed E-state index contributed by atoms with van der Waals surface area (Å²) in [7, 11) is 2.19. The summed E-state index contributed by atoms with van der Waals surface area (Å²) in [5, 5.41) is 11.8. The molecule has 0 fully saturated rings. The first-order valence-corrected chi connectivity index (χ1v) is 9.21. The van der Waals surface area contributed by atoms with E-state index in [1.54, 1.807) is 0 Å². The highest BCUT2D eigenvalue weighted by atomic mass is 32.2. The Morgan fingerprint density at radius 1 is 1.38 bits per heavy atom. The Balaban J connectivity index is 2.27. The van der Waals surface area contributed by atoms with Crippen LogP contribution in [0.4, 0.5) is 0 Å². The normalized spacial score (nSPS) is 13.3. The highest BCUT2D eigenvalue weighted by Crippen LogP contribution is 2.06. The van der Waals surface area contributed by atoms with Crippen molar-refractivity contribution < 1.29 is 0 Å². The lowest BCUT2D eigenvalue weighted by atomic mass is 10.2. The third-order valence-electron chi connectivity index (χ3n) is 3.62. The SMILES string of the molecule is CSCCC(C)N(C)CCn1cc(CNCC(C)C)nn1. The Morgan fingerprint density at radius 3 is 2.81 bits per heavy atom. The van der Waals surface area contributed by atoms with Crippen LogP contribution in [0.2, 0.25) is 0 Å². The van der Waals surface area contributed by atoms with Gasteiger partial charge in [-0.25, -0.2) is 0 Å². The van der Waals surface area contributed by atoms with Crippen LogP contribution >= 0.6 is 11.8 Å². The fourth-order valence-electron chi connectivity index (χ4n) is 2.01. The zero-order valence-electron chi connectivity index (χ0n) is 14.2. The van der Waals surface area contributed by atoms with Crippen LogP contribution in [0.25, 0.3) is 0 Å². The van der Waals surface area contributed by atoms with E-state index < -0.39 is 0 Å². The van der Waals surface area contributed by atoms with Crippen LogP contribution in [0, 0.1) is 5.92 Å². The standard InChI is InChI=1S/C15H31N5S/c1-13(2)10-16-11-15-12-20(18-17-15)8-7-19(4)14(3)6-9-21-5/h12-14,16H,6-11H2,1-5H3. The molecule has 1 aromatic heterocycles. The summed E-state index contributed by atoms with van der Waals surface area (Å²) < 4.78 is 1.95. The zero-order valence-corrected chi connectivity index (χ0v) is 15.0. The molecule has 0 saturated heterocycles. The lowest BCUT2D eigenvalue weighted by Gasteiger charge is -2.24. The molecule has 1 atom stereocenters. The van der Waals surface area contributed by atoms with E-state index in [4.69, 9.17) is 0 Å². The lowest BCUT2D eigenvalue weighted by Crippen LogP contribution is -2.32. The average molecular weight is 314 g/mol. The first-order chi connectivity index (χ1) is 10.0. The van der Waals surface area contributed by atoms with Gasteiger partial charge < -0.3 is 10.2 Å². The van der Waals surface area contributed by atoms with Gasteiger partial charge in [0.25, 0.3) is 0 Å². The summed E-state index contributed by atoms with van der Waals surface area (Å²) in [5.41, 5.74) is 1.02. The molecule has 6 heteroatoms. The molecule has 0 aliphatic heterocycles. The van der Waals surface area contributed by atoms with E-state index in [2.05, 4.69) is 54.6 Å². The van der Waals surface area contributed by atoms with E-state index in [1.165, 1.54) is 12.2 Å². The van der Waals surface area contributed by atoms with Gasteiger partial charge in [0.05, 0.1) is 12.2 Å². The van der Waals surface area contributed by atoms with Crippen LogP contribution in [-0.2, 0) is 13.1 Å². The number of nitrogens with one attached hydrogen (secondary N) is 1. The van der Waals surface area contributed by atoms with Gasteiger partial charge in [-0.3, -0.25) is 4.68 Å². The fraction of sp³-hybridized carbons (Fsp3) is 0.867. The second-order valence-electron chi connectivity index (χ2n) is 6.11. The van der Waals surface area contributed by atoms with Gasteiger partial charge in [-0.15, -0.1) is 5.10 Å². The zero-order chi connectivity index (χ0) is 15.7. The summed E-state index contributed by atoms with van der Waals surface area (Å²) >= 11 is 1.91. The van der Waals surface area contributed by atoms with Gasteiger partial charge >= 0.3 is 0 Å². The fourth-order valence-corrected chi connectivity index (χ4v) is 2.58. The molecule has 1 N–H and O–H groups in total. The molecule has 0 amide bonds. The predicted octanol–water partition coefficient (Wildman–Crippen LogP) is 2.10. The van der Waals surface area contributed by atoms with Gasteiger partial charge in [0.1, 0.15) is 0 Å². The van der Waals surface area contributed by atoms with Gasteiger partial charge in [0.2, 0.25) is 0 Å². The number of aromatic nitrogens is 3. The first-order valence-electron chi connectivity index (χ1n) is 7.81. The van der Waals surface area contributed by atoms with Crippen LogP contribution in [-0.4, -0.2) is 58.1 Å². The second-order valence-corrected chi connectivity index (χ2v) is 7.09. The van der Waals surface area contributed by atoms with Crippen LogP contribution in [0.5, 0.6) is 0 Å². The number of nitrogens with zero attached hydrogens (tertiary/aromatic N) is 4. The molecule has 0 radical (unpaired) electrons. The molecule has 1 heterocycles. The molecule has 0 bridgehead atoms. The molecule has 0 spiro atoms. The number of hydrogen-bond donors (Lipinski definition) is 1. The number of thioether (sulfide) groups is 1. The number of likely N-dealkylation sites (N-methyl/N-ethyl adjacent to an activating group) is 1. The predicted molar refractivity (Wildman–Crippen MR) is 91.7 cm³/mol. The van der Waals surface area contributed by atoms with E-state index in [0.717, 1.165) is 31.9 Å². The van der Waals surface area contributed by atoms with E-state index in [1.807, 2.05) is 22.6 Å². The second kappa shape index (κ2) is 10.2. The molecule has 1 rings (SSSR count). The maximum atomic E-state index is 4.21. The van der Waals surface area contributed by atoms with Crippen LogP contribution < -0.4 is 5.32 Å². The molecule has 122 valence electrons. The monoisotopic (exact) mass is 313 g/mol. The van der Waals surface area contributed by atoms with Crippen molar-refractivity contribution >= 4 is 11.8 Å². The van der Waals surface area contributed by atoms with Crippen molar-refractivity contribution in [3.8, 4) is 0 Å². The molecule has 0 aliphatic rings. The van der Waals surface area contributed by atoms with Crippen molar-refractivity contribution in [3.63, 3.8) is 0 Å². The Labute approximate surface area is 133 Å². The minimum atomic E-state index is 0.619. The molecular formula is C15H31N5S. The molecular weight excluding hydrogens is 282 g/mol. The molecule has 5 nitrogen and oxygen atoms in total. The Bertz CT molecular complexity index is 380. The minimum Gasteiger partial charge on any atom is -0.311 e. The maximum Gasteiger partial charge on any atom is 0.0964 e. The smallest absolute Gasteiger partial charge is 0.0964 e. The first kappa shape index (κ1) is 18.5. The minimum absolute atomic E-state index is 0.619. The third kappa shape index (κ3) is 7.83. The summed E-state index contributed by atoms with van der Waals surface area (Å²) in [4.78, 5) is 2.40. The highest BCUT2D eigenvalue weighted by Gasteiger charge is 2.09. The molecule has 1 aromatic rings. The summed E-state index contributed by atoms with van der Waals surface area (Å²) in [6.07, 6.45) is 5.45. The largest absolute Gasteiger partial charge is 0.311 e. The molecule has 0 aliphatic carbocycles. The van der Waals surface area contributed by atoms with E-state index in [0.29, 0.717) is 12.0 Å². The number of rotatable bonds is 11. The summed E-state index contributed by atoms with van der Waals surface area (Å²) in [6, 6.07) is 0.619. The topological polar surface area (TPSA) is 46.0 Å². The maximum absolute atomic E-state index is 4.21. The molecule has 21 heavy (non-hydrogen) atoms. The van der Waals surface area contributed by atoms with Crippen molar-refractivity contribution in [2.24, 2.45) is 5.92 Å². The highest BCUT2D eigenvalue weighted by molar-refractivity contribution is 7.98. The van der Waals surface area contributed by atoms with Crippen LogP contribution in [0.1, 0.15) is 32.9 Å². The van der Waals surface area contributed by atoms with Gasteiger partial charge in [-0.05, 0) is 44.9 Å². The van der Waals surface area contributed by atoms with Gasteiger partial charge in [0, 0.05) is 25.3 Å². The average Bonchev–Trinajstić information content (AvgIpc) is 2.89. The van der Waals surface area contributed by atoms with Gasteiger partial charge in [-0.2, -0.15) is 11.8 Å². The van der Waals surface area contributed by atoms with Crippen molar-refractivity contribution in [3.05, 3.63) is 11.9 Å². The van der Waals surface area contributed by atoms with E-state index in [9.17, 15) is 0 Å². The summed E-state index contributed by atoms with van der Waals surface area (Å²) in [6.45, 7) is 10.4. The Hall–Kier alpha value is -0.590. The van der Waals surface area contributed by atoms with Crippen molar-refractivity contribution in [1.29, 1.82) is 0 Å². The third-order valence-corrected chi connectivity index (χ3v) is 4.26. The van der Waals surface area contributed by atoms with E-state index in [-0.39, 0.29) is 0 Å². The lowest BCUT2D eigenvalue weighted by molar-refractivity contribution is 0.239. The quantitative estimate of drug-likeness (QED) is 0.678. The molecule has 0 aromatic carbocycles. The Morgan fingerprint density at radius 2 is 2.14 bits per heavy atom. The molecule has 0 saturated carbocycles. The van der Waals surface area contributed by atoms with Crippen molar-refractivity contribution in [2.75, 3.05) is 32.1 Å². The van der Waals surface area contributed by atoms with Gasteiger partial charge in [0.15, 0.2) is 0 Å². The van der Waals surface area contributed by atoms with Gasteiger partial charge in [-0.1, -0.05) is 19.1 Å². The van der Waals surface area contributed by atoms with Crippen LogP contribution in [0.3, 0.4) is 0 Å². The summed E-state index contributed by atoms with van der Waals surface area (Å²) in [5.74, 6) is 1.89. The van der Waals surface area contributed by atoms with Crippen molar-refractivity contribution in [2.45, 2.75) is 46.3 Å². The van der Waals surface area contributed by atoms with Crippen LogP contribution in [0.15, 0.2) is 6.20 Å².